The summed E-state index contributed by atoms with van der Waals surface area (Å²) in [6.45, 7) is 6.44. The Morgan fingerprint density at radius 2 is 2.12 bits per heavy atom. The average molecular weight is 339 g/mol. The topological polar surface area (TPSA) is 80.3 Å². The predicted octanol–water partition coefficient (Wildman–Crippen LogP) is 3.14. The molecule has 0 saturated carbocycles. The third-order valence-electron chi connectivity index (χ3n) is 2.97. The summed E-state index contributed by atoms with van der Waals surface area (Å²) in [4.78, 5) is 16.3. The molecule has 0 unspecified atom stereocenters. The van der Waals surface area contributed by atoms with Gasteiger partial charge in [-0.05, 0) is 20.6 Å². The van der Waals surface area contributed by atoms with E-state index in [0.717, 1.165) is 4.68 Å². The number of aromatic nitrogens is 4. The number of hydrogen-bond donors (Lipinski definition) is 1. The Kier molecular flexibility index (Phi) is 5.27. The molecule has 0 aliphatic carbocycles. The lowest BCUT2D eigenvalue weighted by atomic mass is 10.2. The SMILES string of the molecule is C=Nc1ncnc(NCC)c1N=C(C)c1cnn(CC(F)(F)F)c1. The molecule has 128 valence electrons. The fourth-order valence-electron chi connectivity index (χ4n) is 1.94. The normalized spacial score (nSPS) is 12.3. The van der Waals surface area contributed by atoms with E-state index in [2.05, 4.69) is 37.1 Å². The molecule has 7 nitrogen and oxygen atoms in total. The molecular weight excluding hydrogens is 323 g/mol. The number of alkyl halides is 3. The van der Waals surface area contributed by atoms with Gasteiger partial charge in [-0.3, -0.25) is 4.68 Å². The summed E-state index contributed by atoms with van der Waals surface area (Å²) in [7, 11) is 0. The Morgan fingerprint density at radius 3 is 2.75 bits per heavy atom. The quantitative estimate of drug-likeness (QED) is 0.820. The lowest BCUT2D eigenvalue weighted by molar-refractivity contribution is -0.142. The fourth-order valence-corrected chi connectivity index (χ4v) is 1.94. The highest BCUT2D eigenvalue weighted by Crippen LogP contribution is 2.32. The molecule has 24 heavy (non-hydrogen) atoms. The van der Waals surface area contributed by atoms with E-state index in [9.17, 15) is 13.2 Å². The molecule has 2 aromatic heterocycles. The molecule has 0 aromatic carbocycles. The lowest BCUT2D eigenvalue weighted by Crippen LogP contribution is -2.17. The number of rotatable bonds is 6. The molecule has 0 fully saturated rings. The summed E-state index contributed by atoms with van der Waals surface area (Å²) >= 11 is 0. The van der Waals surface area contributed by atoms with Crippen molar-refractivity contribution in [1.29, 1.82) is 0 Å². The molecule has 0 saturated heterocycles. The molecule has 2 rings (SSSR count). The van der Waals surface area contributed by atoms with Gasteiger partial charge < -0.3 is 5.32 Å². The van der Waals surface area contributed by atoms with Gasteiger partial charge in [0.2, 0.25) is 0 Å². The van der Waals surface area contributed by atoms with Crippen LogP contribution in [0.2, 0.25) is 0 Å². The fraction of sp³-hybridized carbons (Fsp3) is 0.357. The van der Waals surface area contributed by atoms with Crippen LogP contribution in [0.15, 0.2) is 28.7 Å². The first-order chi connectivity index (χ1) is 11.3. The minimum absolute atomic E-state index is 0.281. The molecule has 2 aromatic rings. The molecular formula is C14H16F3N7. The van der Waals surface area contributed by atoms with E-state index >= 15 is 0 Å². The molecule has 0 bridgehead atoms. The van der Waals surface area contributed by atoms with Gasteiger partial charge in [0.1, 0.15) is 12.9 Å². The first-order valence-corrected chi connectivity index (χ1v) is 7.04. The van der Waals surface area contributed by atoms with Crippen LogP contribution in [0.1, 0.15) is 19.4 Å². The van der Waals surface area contributed by atoms with Gasteiger partial charge in [0.05, 0.1) is 6.20 Å². The Hall–Kier alpha value is -2.78. The van der Waals surface area contributed by atoms with Gasteiger partial charge in [0.25, 0.3) is 0 Å². The second-order valence-electron chi connectivity index (χ2n) is 4.82. The second-order valence-corrected chi connectivity index (χ2v) is 4.82. The van der Waals surface area contributed by atoms with Crippen LogP contribution in [-0.2, 0) is 6.54 Å². The zero-order chi connectivity index (χ0) is 17.7. The van der Waals surface area contributed by atoms with Gasteiger partial charge >= 0.3 is 6.18 Å². The average Bonchev–Trinajstić information content (AvgIpc) is 2.95. The number of aliphatic imine (C=N–C) groups is 2. The maximum atomic E-state index is 12.4. The summed E-state index contributed by atoms with van der Waals surface area (Å²) in [5.74, 6) is 0.750. The van der Waals surface area contributed by atoms with Crippen molar-refractivity contribution in [2.24, 2.45) is 9.98 Å². The molecule has 1 N–H and O–H groups in total. The van der Waals surface area contributed by atoms with Crippen LogP contribution in [0.3, 0.4) is 0 Å². The van der Waals surface area contributed by atoms with Gasteiger partial charge in [-0.15, -0.1) is 0 Å². The Labute approximate surface area is 136 Å². The second kappa shape index (κ2) is 7.20. The van der Waals surface area contributed by atoms with E-state index in [-0.39, 0.29) is 5.82 Å². The number of nitrogens with one attached hydrogen (secondary N) is 1. The van der Waals surface area contributed by atoms with Crippen molar-refractivity contribution in [2.75, 3.05) is 11.9 Å². The smallest absolute Gasteiger partial charge is 0.368 e. The number of halogens is 3. The molecule has 0 aliphatic heterocycles. The summed E-state index contributed by atoms with van der Waals surface area (Å²) in [5.41, 5.74) is 1.29. The van der Waals surface area contributed by atoms with Crippen LogP contribution in [0.4, 0.5) is 30.5 Å². The van der Waals surface area contributed by atoms with Crippen LogP contribution >= 0.6 is 0 Å². The van der Waals surface area contributed by atoms with Crippen molar-refractivity contribution in [1.82, 2.24) is 19.7 Å². The third kappa shape index (κ3) is 4.37. The maximum absolute atomic E-state index is 12.4. The van der Waals surface area contributed by atoms with Gasteiger partial charge in [0.15, 0.2) is 17.3 Å². The van der Waals surface area contributed by atoms with Crippen LogP contribution in [0.25, 0.3) is 0 Å². The van der Waals surface area contributed by atoms with E-state index < -0.39 is 12.7 Å². The zero-order valence-corrected chi connectivity index (χ0v) is 13.2. The van der Waals surface area contributed by atoms with Crippen LogP contribution in [0.5, 0.6) is 0 Å². The first-order valence-electron chi connectivity index (χ1n) is 7.04. The van der Waals surface area contributed by atoms with E-state index in [1.165, 1.54) is 18.7 Å². The zero-order valence-electron chi connectivity index (χ0n) is 13.2. The molecule has 0 radical (unpaired) electrons. The van der Waals surface area contributed by atoms with E-state index in [4.69, 9.17) is 0 Å². The van der Waals surface area contributed by atoms with Gasteiger partial charge in [-0.2, -0.15) is 18.3 Å². The van der Waals surface area contributed by atoms with Gasteiger partial charge in [-0.1, -0.05) is 0 Å². The molecule has 0 aliphatic rings. The summed E-state index contributed by atoms with van der Waals surface area (Å²) in [6, 6.07) is 0. The molecule has 2 heterocycles. The van der Waals surface area contributed by atoms with Crippen LogP contribution < -0.4 is 5.32 Å². The van der Waals surface area contributed by atoms with E-state index in [1.54, 1.807) is 6.92 Å². The number of anilines is 1. The Morgan fingerprint density at radius 1 is 1.38 bits per heavy atom. The van der Waals surface area contributed by atoms with Crippen LogP contribution in [-0.4, -0.2) is 44.9 Å². The van der Waals surface area contributed by atoms with E-state index in [1.807, 2.05) is 6.92 Å². The van der Waals surface area contributed by atoms with Crippen molar-refractivity contribution in [2.45, 2.75) is 26.6 Å². The first kappa shape index (κ1) is 17.6. The highest BCUT2D eigenvalue weighted by Gasteiger charge is 2.28. The monoisotopic (exact) mass is 339 g/mol. The number of nitrogens with zero attached hydrogens (tertiary/aromatic N) is 6. The standard InChI is InChI=1S/C14H16F3N7/c1-4-19-13-11(12(18-3)20-8-21-13)23-9(2)10-5-22-24(6-10)7-14(15,16)17/h5-6,8H,3-4,7H2,1-2H3,(H,19,20,21). The molecule has 10 heteroatoms. The van der Waals surface area contributed by atoms with Crippen molar-refractivity contribution in [3.63, 3.8) is 0 Å². The third-order valence-corrected chi connectivity index (χ3v) is 2.97. The van der Waals surface area contributed by atoms with Gasteiger partial charge in [0, 0.05) is 24.0 Å². The highest BCUT2D eigenvalue weighted by atomic mass is 19.4. The summed E-state index contributed by atoms with van der Waals surface area (Å²) in [5, 5.41) is 6.73. The number of hydrogen-bond acceptors (Lipinski definition) is 6. The van der Waals surface area contributed by atoms with Crippen molar-refractivity contribution >= 4 is 29.8 Å². The summed E-state index contributed by atoms with van der Waals surface area (Å²) < 4.78 is 38.0. The Bertz CT molecular complexity index is 749. The van der Waals surface area contributed by atoms with Gasteiger partial charge in [-0.25, -0.2) is 20.0 Å². The Balaban J connectivity index is 2.36. The minimum Gasteiger partial charge on any atom is -0.368 e. The predicted molar refractivity (Wildman–Crippen MR) is 85.6 cm³/mol. The maximum Gasteiger partial charge on any atom is 0.408 e. The minimum atomic E-state index is -4.33. The highest BCUT2D eigenvalue weighted by molar-refractivity contribution is 6.01. The van der Waals surface area contributed by atoms with Crippen LogP contribution in [0, 0.1) is 0 Å². The molecule has 0 amide bonds. The van der Waals surface area contributed by atoms with Crippen molar-refractivity contribution < 1.29 is 13.2 Å². The molecule has 0 atom stereocenters. The van der Waals surface area contributed by atoms with Crippen molar-refractivity contribution in [3.8, 4) is 0 Å². The largest absolute Gasteiger partial charge is 0.408 e. The molecule has 0 spiro atoms. The van der Waals surface area contributed by atoms with E-state index in [0.29, 0.717) is 29.3 Å². The lowest BCUT2D eigenvalue weighted by Gasteiger charge is -2.08. The van der Waals surface area contributed by atoms with Crippen molar-refractivity contribution in [3.05, 3.63) is 24.3 Å². The summed E-state index contributed by atoms with van der Waals surface area (Å²) in [6.07, 6.45) is -0.399.